The van der Waals surface area contributed by atoms with Crippen molar-refractivity contribution in [1.82, 2.24) is 0 Å². The molecule has 0 nitrogen and oxygen atoms in total. The minimum atomic E-state index is 0. The molecule has 0 bridgehead atoms. The predicted octanol–water partition coefficient (Wildman–Crippen LogP) is 5.99. The van der Waals surface area contributed by atoms with Crippen LogP contribution in [0.5, 0.6) is 0 Å². The molecule has 1 heteroatoms. The Hall–Kier alpha value is 1.10. The Morgan fingerprint density at radius 1 is 0.812 bits per heavy atom. The number of hydrogen-bond acceptors (Lipinski definition) is 0. The van der Waals surface area contributed by atoms with Crippen LogP contribution in [0.3, 0.4) is 0 Å². The normalized spacial score (nSPS) is 7.50. The maximum Gasteiger partial charge on any atom is 3.00 e. The topological polar surface area (TPSA) is 0 Å². The van der Waals surface area contributed by atoms with Gasteiger partial charge in [0.25, 0.3) is 0 Å². The smallest absolute Gasteiger partial charge is 0.343 e. The molecule has 0 aliphatic heterocycles. The third kappa shape index (κ3) is 312. The standard InChI is InChI=1S/C5H10.C4H10.C4H9.C2H6.Y/c1-3-5-4-2;2*1-4(2)3;1-2;/h1-5H2;4H,1-3H3;4H,1H2,2-3H3;1-2H3;/q-2;;-1;;+3. The fourth-order valence-electron chi connectivity index (χ4n) is 0.177. The van der Waals surface area contributed by atoms with Gasteiger partial charge in [-0.15, -0.1) is 6.42 Å². The second-order valence-electron chi connectivity index (χ2n) is 4.19. The van der Waals surface area contributed by atoms with E-state index in [1.54, 1.807) is 0 Å². The Kier molecular flexibility index (Phi) is 68.1. The summed E-state index contributed by atoms with van der Waals surface area (Å²) in [5.41, 5.74) is 0. The van der Waals surface area contributed by atoms with Gasteiger partial charge in [0.2, 0.25) is 0 Å². The quantitative estimate of drug-likeness (QED) is 0.550. The third-order valence-corrected chi connectivity index (χ3v) is 0.500. The SMILES string of the molecule is CC.CC(C)C.[CH2-]C(C)C.[CH2-]CCC[CH2-].[Y+3]. The van der Waals surface area contributed by atoms with E-state index in [2.05, 4.69) is 55.4 Å². The molecule has 98 valence electrons. The number of hydrogen-bond donors (Lipinski definition) is 0. The van der Waals surface area contributed by atoms with Crippen LogP contribution >= 0.6 is 0 Å². The molecule has 0 heterocycles. The summed E-state index contributed by atoms with van der Waals surface area (Å²) in [7, 11) is 0. The molecule has 0 atom stereocenters. The Labute approximate surface area is 132 Å². The summed E-state index contributed by atoms with van der Waals surface area (Å²) in [6.45, 7) is 25.5. The molecule has 0 spiro atoms. The Bertz CT molecular complexity index is 44.9. The second-order valence-corrected chi connectivity index (χ2v) is 4.19. The van der Waals surface area contributed by atoms with Crippen LogP contribution in [0.25, 0.3) is 0 Å². The van der Waals surface area contributed by atoms with E-state index in [9.17, 15) is 0 Å². The fourth-order valence-corrected chi connectivity index (χ4v) is 0.177. The zero-order valence-corrected chi connectivity index (χ0v) is 15.8. The summed E-state index contributed by atoms with van der Waals surface area (Å²) in [5.74, 6) is 1.42. The van der Waals surface area contributed by atoms with E-state index in [0.29, 0.717) is 5.92 Å². The molecule has 0 aromatic heterocycles. The maximum atomic E-state index is 3.64. The van der Waals surface area contributed by atoms with E-state index in [1.807, 2.05) is 13.8 Å². The first-order valence-corrected chi connectivity index (χ1v) is 6.29. The zero-order chi connectivity index (χ0) is 13.3. The molecule has 0 radical (unpaired) electrons. The van der Waals surface area contributed by atoms with Crippen molar-refractivity contribution in [3.05, 3.63) is 20.8 Å². The van der Waals surface area contributed by atoms with Crippen LogP contribution in [0.2, 0.25) is 0 Å². The molecule has 16 heavy (non-hydrogen) atoms. The molecular formula is C15H35Y. The molecule has 0 saturated heterocycles. The predicted molar refractivity (Wildman–Crippen MR) is 76.6 cm³/mol. The molecule has 0 rings (SSSR count). The van der Waals surface area contributed by atoms with Crippen molar-refractivity contribution in [2.24, 2.45) is 11.8 Å². The average Bonchev–Trinajstić information content (AvgIpc) is 2.07. The first kappa shape index (κ1) is 30.3. The van der Waals surface area contributed by atoms with Gasteiger partial charge in [0.15, 0.2) is 0 Å². The van der Waals surface area contributed by atoms with E-state index in [1.165, 1.54) is 6.42 Å². The van der Waals surface area contributed by atoms with Crippen LogP contribution in [0.4, 0.5) is 0 Å². The monoisotopic (exact) mass is 304 g/mol. The van der Waals surface area contributed by atoms with Crippen LogP contribution in [-0.2, 0) is 32.7 Å². The van der Waals surface area contributed by atoms with Gasteiger partial charge >= 0.3 is 32.7 Å². The van der Waals surface area contributed by atoms with Crippen LogP contribution in [0.15, 0.2) is 0 Å². The molecule has 0 N–H and O–H groups in total. The maximum absolute atomic E-state index is 3.64. The van der Waals surface area contributed by atoms with Gasteiger partial charge in [-0.05, 0) is 5.92 Å². The van der Waals surface area contributed by atoms with Crippen molar-refractivity contribution in [3.8, 4) is 0 Å². The average molecular weight is 304 g/mol. The van der Waals surface area contributed by atoms with Crippen molar-refractivity contribution in [3.63, 3.8) is 0 Å². The first-order valence-electron chi connectivity index (χ1n) is 6.29. The van der Waals surface area contributed by atoms with Gasteiger partial charge in [0, 0.05) is 0 Å². The van der Waals surface area contributed by atoms with Crippen LogP contribution in [-0.4, -0.2) is 0 Å². The van der Waals surface area contributed by atoms with Crippen LogP contribution < -0.4 is 0 Å². The van der Waals surface area contributed by atoms with E-state index < -0.39 is 0 Å². The Morgan fingerprint density at radius 3 is 0.938 bits per heavy atom. The molecule has 0 aromatic carbocycles. The molecule has 0 aromatic rings. The molecule has 0 unspecified atom stereocenters. The summed E-state index contributed by atoms with van der Waals surface area (Å²) < 4.78 is 0. The largest absolute Gasteiger partial charge is 3.00 e. The van der Waals surface area contributed by atoms with Crippen molar-refractivity contribution < 1.29 is 32.7 Å². The van der Waals surface area contributed by atoms with E-state index in [-0.39, 0.29) is 32.7 Å². The van der Waals surface area contributed by atoms with Crippen molar-refractivity contribution >= 4 is 0 Å². The van der Waals surface area contributed by atoms with Crippen molar-refractivity contribution in [1.29, 1.82) is 0 Å². The molecule has 0 saturated carbocycles. The summed E-state index contributed by atoms with van der Waals surface area (Å²) in [6.07, 6.45) is 3.23. The molecule has 0 fully saturated rings. The van der Waals surface area contributed by atoms with E-state index >= 15 is 0 Å². The number of unbranched alkanes of at least 4 members (excludes halogenated alkanes) is 2. The molecule has 0 aliphatic rings. The number of rotatable bonds is 2. The van der Waals surface area contributed by atoms with E-state index in [0.717, 1.165) is 18.8 Å². The van der Waals surface area contributed by atoms with Gasteiger partial charge in [-0.3, -0.25) is 0 Å². The van der Waals surface area contributed by atoms with Gasteiger partial charge < -0.3 is 20.8 Å². The minimum Gasteiger partial charge on any atom is -0.343 e. The molecular weight excluding hydrogens is 269 g/mol. The molecule has 0 amide bonds. The summed E-state index contributed by atoms with van der Waals surface area (Å²) in [6, 6.07) is 0. The Morgan fingerprint density at radius 2 is 0.938 bits per heavy atom. The van der Waals surface area contributed by atoms with Gasteiger partial charge in [0.05, 0.1) is 0 Å². The molecule has 0 aliphatic carbocycles. The van der Waals surface area contributed by atoms with Gasteiger partial charge in [-0.1, -0.05) is 48.5 Å². The zero-order valence-electron chi connectivity index (χ0n) is 13.0. The third-order valence-electron chi connectivity index (χ3n) is 0.500. The van der Waals surface area contributed by atoms with E-state index in [4.69, 9.17) is 0 Å². The first-order chi connectivity index (χ1) is 6.88. The Balaban J connectivity index is -0.0000000343. The van der Waals surface area contributed by atoms with Gasteiger partial charge in [-0.2, -0.15) is 18.8 Å². The van der Waals surface area contributed by atoms with Crippen molar-refractivity contribution in [2.75, 3.05) is 0 Å². The minimum absolute atomic E-state index is 0. The van der Waals surface area contributed by atoms with Gasteiger partial charge in [0.1, 0.15) is 0 Å². The fraction of sp³-hybridized carbons (Fsp3) is 0.800. The summed E-state index contributed by atoms with van der Waals surface area (Å²) >= 11 is 0. The summed E-state index contributed by atoms with van der Waals surface area (Å²) in [5, 5.41) is 0. The van der Waals surface area contributed by atoms with Crippen molar-refractivity contribution in [2.45, 2.75) is 67.7 Å². The van der Waals surface area contributed by atoms with Crippen LogP contribution in [0.1, 0.15) is 67.7 Å². The second kappa shape index (κ2) is 36.0. The summed E-state index contributed by atoms with van der Waals surface area (Å²) in [4.78, 5) is 0. The van der Waals surface area contributed by atoms with Crippen LogP contribution in [0, 0.1) is 32.6 Å². The van der Waals surface area contributed by atoms with Gasteiger partial charge in [-0.25, -0.2) is 0 Å².